The third-order valence-corrected chi connectivity index (χ3v) is 2.50. The van der Waals surface area contributed by atoms with E-state index in [-0.39, 0.29) is 11.6 Å². The van der Waals surface area contributed by atoms with E-state index in [0.717, 1.165) is 9.99 Å². The summed E-state index contributed by atoms with van der Waals surface area (Å²) in [7, 11) is 0. The molecule has 6 heteroatoms. The van der Waals surface area contributed by atoms with E-state index in [1.54, 1.807) is 12.1 Å². The van der Waals surface area contributed by atoms with Crippen LogP contribution in [0, 0.1) is 0 Å². The van der Waals surface area contributed by atoms with Gasteiger partial charge in [-0.2, -0.15) is 0 Å². The van der Waals surface area contributed by atoms with Gasteiger partial charge in [-0.05, 0) is 18.2 Å². The van der Waals surface area contributed by atoms with Crippen LogP contribution in [0.3, 0.4) is 0 Å². The Morgan fingerprint density at radius 3 is 2.94 bits per heavy atom. The fourth-order valence-electron chi connectivity index (χ4n) is 1.36. The lowest BCUT2D eigenvalue weighted by molar-refractivity contribution is -0.116. The molecule has 0 saturated heterocycles. The molecule has 1 aromatic heterocycles. The number of aromatic nitrogens is 1. The third kappa shape index (κ3) is 1.96. The second-order valence-electron chi connectivity index (χ2n) is 3.23. The first-order valence-corrected chi connectivity index (χ1v) is 5.29. The molecule has 2 N–H and O–H groups in total. The largest absolute Gasteiger partial charge is 0.493 e. The predicted octanol–water partition coefficient (Wildman–Crippen LogP) is 3.27. The molecular weight excluding hydrogens is 274 g/mol. The van der Waals surface area contributed by atoms with Gasteiger partial charge in [0.25, 0.3) is 5.91 Å². The van der Waals surface area contributed by atoms with E-state index in [0.29, 0.717) is 5.39 Å². The number of H-pyrrole nitrogens is 1. The van der Waals surface area contributed by atoms with Gasteiger partial charge in [0.05, 0.1) is 5.52 Å². The van der Waals surface area contributed by atoms with Crippen LogP contribution in [-0.4, -0.2) is 16.0 Å². The Bertz CT molecular complexity index is 589. The Hall–Kier alpha value is -1.69. The van der Waals surface area contributed by atoms with Gasteiger partial charge in [-0.3, -0.25) is 4.79 Å². The summed E-state index contributed by atoms with van der Waals surface area (Å²) < 4.78 is 0.860. The number of hydrogen-bond acceptors (Lipinski definition) is 3. The van der Waals surface area contributed by atoms with E-state index in [2.05, 4.69) is 31.1 Å². The summed E-state index contributed by atoms with van der Waals surface area (Å²) in [6.45, 7) is 1.30. The maximum absolute atomic E-state index is 10.7. The Morgan fingerprint density at radius 2 is 2.25 bits per heavy atom. The van der Waals surface area contributed by atoms with Gasteiger partial charge in [-0.25, -0.2) is 0 Å². The van der Waals surface area contributed by atoms with Crippen LogP contribution in [0.25, 0.3) is 10.9 Å². The second-order valence-corrected chi connectivity index (χ2v) is 4.15. The summed E-state index contributed by atoms with van der Waals surface area (Å²) in [6, 6.07) is 5.43. The summed E-state index contributed by atoms with van der Waals surface area (Å²) in [5, 5.41) is 17.4. The number of carbonyl (C=O) groups excluding carboxylic acids is 1. The monoisotopic (exact) mass is 281 g/mol. The molecule has 82 valence electrons. The number of benzene rings is 1. The van der Waals surface area contributed by atoms with Crippen molar-refractivity contribution >= 4 is 38.4 Å². The van der Waals surface area contributed by atoms with E-state index in [1.165, 1.54) is 6.92 Å². The van der Waals surface area contributed by atoms with Gasteiger partial charge in [-0.15, -0.1) is 10.2 Å². The van der Waals surface area contributed by atoms with Crippen molar-refractivity contribution in [3.05, 3.63) is 22.7 Å². The Balaban J connectivity index is 2.62. The van der Waals surface area contributed by atoms with Gasteiger partial charge in [0.1, 0.15) is 0 Å². The lowest BCUT2D eigenvalue weighted by atomic mass is 10.2. The molecule has 16 heavy (non-hydrogen) atoms. The number of carbonyl (C=O) groups is 1. The summed E-state index contributed by atoms with van der Waals surface area (Å²) in [6.07, 6.45) is 0. The van der Waals surface area contributed by atoms with Crippen LogP contribution in [0.5, 0.6) is 5.88 Å². The number of fused-ring (bicyclic) bond motifs is 1. The first kappa shape index (κ1) is 10.8. The highest BCUT2D eigenvalue weighted by molar-refractivity contribution is 9.10. The average Bonchev–Trinajstić information content (AvgIpc) is 2.51. The molecule has 0 bridgehead atoms. The van der Waals surface area contributed by atoms with Gasteiger partial charge in [-0.1, -0.05) is 15.9 Å². The minimum atomic E-state index is -0.413. The van der Waals surface area contributed by atoms with Crippen LogP contribution in [0.15, 0.2) is 32.9 Å². The molecule has 2 rings (SSSR count). The van der Waals surface area contributed by atoms with E-state index < -0.39 is 5.91 Å². The Labute approximate surface area is 99.3 Å². The van der Waals surface area contributed by atoms with Crippen molar-refractivity contribution in [3.63, 3.8) is 0 Å². The van der Waals surface area contributed by atoms with Gasteiger partial charge >= 0.3 is 0 Å². The van der Waals surface area contributed by atoms with Crippen LogP contribution in [0.4, 0.5) is 5.69 Å². The topological polar surface area (TPSA) is 77.8 Å². The Kier molecular flexibility index (Phi) is 2.74. The molecule has 0 aliphatic heterocycles. The van der Waals surface area contributed by atoms with Crippen molar-refractivity contribution < 1.29 is 9.90 Å². The lowest BCUT2D eigenvalue weighted by Crippen LogP contribution is -1.77. The van der Waals surface area contributed by atoms with Crippen LogP contribution in [-0.2, 0) is 4.79 Å². The molecule has 0 unspecified atom stereocenters. The number of hydrogen-bond donors (Lipinski definition) is 2. The van der Waals surface area contributed by atoms with Crippen molar-refractivity contribution in [1.29, 1.82) is 0 Å². The highest BCUT2D eigenvalue weighted by atomic mass is 79.9. The fraction of sp³-hybridized carbons (Fsp3) is 0.100. The molecule has 0 saturated carbocycles. The minimum Gasteiger partial charge on any atom is -0.493 e. The Morgan fingerprint density at radius 1 is 1.50 bits per heavy atom. The normalized spacial score (nSPS) is 11.4. The second kappa shape index (κ2) is 4.05. The minimum absolute atomic E-state index is 0.0990. The molecule has 1 amide bonds. The number of azo groups is 1. The van der Waals surface area contributed by atoms with Gasteiger partial charge in [0.15, 0.2) is 5.69 Å². The lowest BCUT2D eigenvalue weighted by Gasteiger charge is -1.92. The van der Waals surface area contributed by atoms with Crippen LogP contribution in [0.1, 0.15) is 6.92 Å². The number of rotatable bonds is 1. The third-order valence-electron chi connectivity index (χ3n) is 2.00. The van der Waals surface area contributed by atoms with Crippen molar-refractivity contribution in [1.82, 2.24) is 4.98 Å². The van der Waals surface area contributed by atoms with Gasteiger partial charge in [0, 0.05) is 16.8 Å². The van der Waals surface area contributed by atoms with E-state index in [1.807, 2.05) is 6.07 Å². The van der Waals surface area contributed by atoms with Crippen LogP contribution in [0.2, 0.25) is 0 Å². The number of halogens is 1. The zero-order chi connectivity index (χ0) is 11.7. The maximum atomic E-state index is 10.7. The number of nitrogens with one attached hydrogen (secondary N) is 1. The zero-order valence-corrected chi connectivity index (χ0v) is 9.95. The first-order valence-electron chi connectivity index (χ1n) is 4.50. The van der Waals surface area contributed by atoms with Gasteiger partial charge < -0.3 is 10.1 Å². The summed E-state index contributed by atoms with van der Waals surface area (Å²) in [4.78, 5) is 13.4. The molecule has 0 fully saturated rings. The van der Waals surface area contributed by atoms with Crippen LogP contribution < -0.4 is 0 Å². The van der Waals surface area contributed by atoms with Crippen molar-refractivity contribution in [3.8, 4) is 5.88 Å². The highest BCUT2D eigenvalue weighted by Crippen LogP contribution is 2.36. The first-order chi connectivity index (χ1) is 7.58. The standard InChI is InChI=1S/C10H8BrN3O2/c1-5(15)13-14-9-7-4-6(11)2-3-8(7)12-10(9)16/h2-4,12,16H,1H3. The SMILES string of the molecule is CC(=O)N=Nc1c(O)[nH]c2ccc(Br)cc12. The quantitative estimate of drug-likeness (QED) is 0.787. The van der Waals surface area contributed by atoms with E-state index >= 15 is 0 Å². The van der Waals surface area contributed by atoms with Crippen LogP contribution >= 0.6 is 15.9 Å². The van der Waals surface area contributed by atoms with Crippen molar-refractivity contribution in [2.75, 3.05) is 0 Å². The maximum Gasteiger partial charge on any atom is 0.261 e. The summed E-state index contributed by atoms with van der Waals surface area (Å²) in [5.74, 6) is -0.512. The van der Waals surface area contributed by atoms with E-state index in [4.69, 9.17) is 0 Å². The van der Waals surface area contributed by atoms with Crippen molar-refractivity contribution in [2.45, 2.75) is 6.92 Å². The smallest absolute Gasteiger partial charge is 0.261 e. The predicted molar refractivity (Wildman–Crippen MR) is 62.9 cm³/mol. The number of amides is 1. The molecule has 1 heterocycles. The molecular formula is C10H8BrN3O2. The molecule has 0 spiro atoms. The number of nitrogens with zero attached hydrogens (tertiary/aromatic N) is 2. The molecule has 0 aliphatic carbocycles. The zero-order valence-electron chi connectivity index (χ0n) is 8.36. The fourth-order valence-corrected chi connectivity index (χ4v) is 1.72. The van der Waals surface area contributed by atoms with Gasteiger partial charge in [0.2, 0.25) is 5.88 Å². The molecule has 0 aliphatic rings. The summed E-state index contributed by atoms with van der Waals surface area (Å²) in [5.41, 5.74) is 1.00. The molecule has 5 nitrogen and oxygen atoms in total. The number of aromatic amines is 1. The van der Waals surface area contributed by atoms with Crippen molar-refractivity contribution in [2.24, 2.45) is 10.2 Å². The molecule has 0 atom stereocenters. The molecule has 0 radical (unpaired) electrons. The molecule has 2 aromatic rings. The summed E-state index contributed by atoms with van der Waals surface area (Å²) >= 11 is 3.32. The number of aromatic hydroxyl groups is 1. The molecule has 1 aromatic carbocycles. The van der Waals surface area contributed by atoms with E-state index in [9.17, 15) is 9.90 Å². The average molecular weight is 282 g/mol. The highest BCUT2D eigenvalue weighted by Gasteiger charge is 2.10.